The number of likely N-dealkylation sites (tertiary alicyclic amines) is 1. The van der Waals surface area contributed by atoms with Gasteiger partial charge in [0.2, 0.25) is 5.91 Å². The lowest BCUT2D eigenvalue weighted by Gasteiger charge is -2.39. The summed E-state index contributed by atoms with van der Waals surface area (Å²) in [6.07, 6.45) is 1.75. The molecule has 3 heterocycles. The Balaban J connectivity index is 1.23. The number of hydrogen-bond donors (Lipinski definition) is 1. The molecule has 4 rings (SSSR count). The number of ether oxygens (including phenoxy) is 1. The van der Waals surface area contributed by atoms with Crippen LogP contribution in [0.25, 0.3) is 11.3 Å². The van der Waals surface area contributed by atoms with Crippen LogP contribution in [0.2, 0.25) is 0 Å². The average molecular weight is 528 g/mol. The van der Waals surface area contributed by atoms with Gasteiger partial charge in [-0.3, -0.25) is 9.69 Å². The molecule has 2 saturated heterocycles. The van der Waals surface area contributed by atoms with E-state index in [2.05, 4.69) is 58.2 Å². The molecule has 1 aromatic carbocycles. The number of carbonyl (C=O) groups excluding carboxylic acids is 2. The Morgan fingerprint density at radius 1 is 1.03 bits per heavy atom. The number of thiazole rings is 1. The van der Waals surface area contributed by atoms with E-state index < -0.39 is 11.7 Å². The van der Waals surface area contributed by atoms with E-state index in [-0.39, 0.29) is 5.91 Å². The summed E-state index contributed by atoms with van der Waals surface area (Å²) in [7, 11) is 0. The summed E-state index contributed by atoms with van der Waals surface area (Å²) in [4.78, 5) is 36.0. The Morgan fingerprint density at radius 3 is 2.30 bits per heavy atom. The molecule has 2 amide bonds. The Hall–Kier alpha value is -2.65. The van der Waals surface area contributed by atoms with E-state index in [4.69, 9.17) is 4.74 Å². The van der Waals surface area contributed by atoms with E-state index in [9.17, 15) is 9.59 Å². The molecule has 1 aromatic heterocycles. The van der Waals surface area contributed by atoms with Crippen molar-refractivity contribution in [2.45, 2.75) is 59.6 Å². The zero-order valence-electron chi connectivity index (χ0n) is 22.9. The van der Waals surface area contributed by atoms with Gasteiger partial charge in [0.1, 0.15) is 10.6 Å². The summed E-state index contributed by atoms with van der Waals surface area (Å²) in [5, 5.41) is 5.61. The minimum atomic E-state index is -0.519. The van der Waals surface area contributed by atoms with Crippen LogP contribution in [-0.4, -0.2) is 78.2 Å². The summed E-state index contributed by atoms with van der Waals surface area (Å²) in [6, 6.07) is 8.49. The second-order valence-corrected chi connectivity index (χ2v) is 12.8. The number of alkyl carbamates (subject to hydrolysis) is 1. The quantitative estimate of drug-likeness (QED) is 0.591. The fraction of sp³-hybridized carbons (Fsp3) is 0.607. The summed E-state index contributed by atoms with van der Waals surface area (Å²) in [5.74, 6) is 0.275. The first kappa shape index (κ1) is 27.4. The van der Waals surface area contributed by atoms with Crippen LogP contribution in [0.4, 0.5) is 10.5 Å². The van der Waals surface area contributed by atoms with Gasteiger partial charge in [-0.15, -0.1) is 11.3 Å². The van der Waals surface area contributed by atoms with Crippen LogP contribution >= 0.6 is 11.3 Å². The fourth-order valence-corrected chi connectivity index (χ4v) is 5.39. The zero-order chi connectivity index (χ0) is 26.6. The largest absolute Gasteiger partial charge is 0.444 e. The lowest BCUT2D eigenvalue weighted by Crippen LogP contribution is -2.51. The highest BCUT2D eigenvalue weighted by Crippen LogP contribution is 2.30. The number of hydrogen-bond acceptors (Lipinski definition) is 7. The Kier molecular flexibility index (Phi) is 8.43. The van der Waals surface area contributed by atoms with Crippen LogP contribution < -0.4 is 10.2 Å². The number of piperidine rings is 1. The Bertz CT molecular complexity index is 1060. The summed E-state index contributed by atoms with van der Waals surface area (Å²) >= 11 is 1.52. The molecule has 0 saturated carbocycles. The highest BCUT2D eigenvalue weighted by Gasteiger charge is 2.29. The van der Waals surface area contributed by atoms with Crippen molar-refractivity contribution < 1.29 is 14.3 Å². The molecule has 0 spiro atoms. The lowest BCUT2D eigenvalue weighted by molar-refractivity contribution is -0.134. The lowest BCUT2D eigenvalue weighted by atomic mass is 9.83. The van der Waals surface area contributed by atoms with Gasteiger partial charge in [0, 0.05) is 55.9 Å². The van der Waals surface area contributed by atoms with E-state index in [0.29, 0.717) is 18.5 Å². The van der Waals surface area contributed by atoms with E-state index in [1.54, 1.807) is 0 Å². The summed E-state index contributed by atoms with van der Waals surface area (Å²) < 4.78 is 5.28. The van der Waals surface area contributed by atoms with Crippen molar-refractivity contribution in [1.82, 2.24) is 20.1 Å². The molecule has 37 heavy (non-hydrogen) atoms. The van der Waals surface area contributed by atoms with Gasteiger partial charge in [0.25, 0.3) is 0 Å². The second-order valence-electron chi connectivity index (χ2n) is 11.8. The van der Waals surface area contributed by atoms with Crippen LogP contribution in [0.15, 0.2) is 29.6 Å². The predicted octanol–water partition coefficient (Wildman–Crippen LogP) is 4.61. The molecule has 8 nitrogen and oxygen atoms in total. The highest BCUT2D eigenvalue weighted by atomic mass is 32.1. The number of rotatable bonds is 6. The fourth-order valence-electron chi connectivity index (χ4n) is 4.65. The third kappa shape index (κ3) is 7.92. The van der Waals surface area contributed by atoms with E-state index in [1.165, 1.54) is 17.0 Å². The van der Waals surface area contributed by atoms with Crippen molar-refractivity contribution in [2.75, 3.05) is 50.7 Å². The molecule has 202 valence electrons. The standard InChI is InChI=1S/C28H41N5O3S/c1-27(2,3)36-26(35)29-18-24-30-23(20-37-24)21-6-8-22(9-7-21)32-16-14-31(15-17-32)19-25(34)33-12-10-28(4,5)11-13-33/h6-9,20H,10-19H2,1-5H3,(H,29,35). The zero-order valence-corrected chi connectivity index (χ0v) is 23.7. The van der Waals surface area contributed by atoms with E-state index >= 15 is 0 Å². The normalized spacial score (nSPS) is 18.5. The van der Waals surface area contributed by atoms with Crippen LogP contribution in [-0.2, 0) is 16.1 Å². The van der Waals surface area contributed by atoms with Crippen LogP contribution in [0.5, 0.6) is 0 Å². The van der Waals surface area contributed by atoms with Gasteiger partial charge in [-0.05, 0) is 51.2 Å². The molecule has 1 N–H and O–H groups in total. The number of piperazine rings is 1. The first-order valence-corrected chi connectivity index (χ1v) is 14.1. The summed E-state index contributed by atoms with van der Waals surface area (Å²) in [6.45, 7) is 16.4. The maximum Gasteiger partial charge on any atom is 0.408 e. The molecular formula is C28H41N5O3S. The molecule has 2 fully saturated rings. The second kappa shape index (κ2) is 11.4. The third-order valence-electron chi connectivity index (χ3n) is 7.06. The van der Waals surface area contributed by atoms with Crippen molar-refractivity contribution in [2.24, 2.45) is 5.41 Å². The molecule has 2 aliphatic rings. The van der Waals surface area contributed by atoms with Gasteiger partial charge in [-0.25, -0.2) is 9.78 Å². The molecule has 9 heteroatoms. The van der Waals surface area contributed by atoms with Crippen LogP contribution in [0, 0.1) is 5.41 Å². The predicted molar refractivity (Wildman–Crippen MR) is 149 cm³/mol. The minimum Gasteiger partial charge on any atom is -0.444 e. The van der Waals surface area contributed by atoms with Gasteiger partial charge in [0.05, 0.1) is 18.8 Å². The average Bonchev–Trinajstić information content (AvgIpc) is 3.31. The van der Waals surface area contributed by atoms with Crippen molar-refractivity contribution in [1.29, 1.82) is 0 Å². The van der Waals surface area contributed by atoms with Gasteiger partial charge >= 0.3 is 6.09 Å². The number of carbonyl (C=O) groups is 2. The number of amides is 2. The van der Waals surface area contributed by atoms with E-state index in [1.807, 2.05) is 31.1 Å². The maximum absolute atomic E-state index is 12.8. The molecule has 0 bridgehead atoms. The molecule has 2 aromatic rings. The Labute approximate surface area is 225 Å². The van der Waals surface area contributed by atoms with Crippen molar-refractivity contribution >= 4 is 29.0 Å². The van der Waals surface area contributed by atoms with Gasteiger partial charge in [-0.1, -0.05) is 26.0 Å². The van der Waals surface area contributed by atoms with Gasteiger partial charge in [0.15, 0.2) is 0 Å². The molecule has 0 atom stereocenters. The van der Waals surface area contributed by atoms with Gasteiger partial charge in [-0.2, -0.15) is 0 Å². The van der Waals surface area contributed by atoms with Crippen molar-refractivity contribution in [3.05, 3.63) is 34.7 Å². The van der Waals surface area contributed by atoms with E-state index in [0.717, 1.165) is 68.4 Å². The van der Waals surface area contributed by atoms with Crippen molar-refractivity contribution in [3.63, 3.8) is 0 Å². The molecular weight excluding hydrogens is 486 g/mol. The minimum absolute atomic E-state index is 0.275. The third-order valence-corrected chi connectivity index (χ3v) is 7.91. The van der Waals surface area contributed by atoms with Crippen LogP contribution in [0.1, 0.15) is 52.5 Å². The topological polar surface area (TPSA) is 78.0 Å². The van der Waals surface area contributed by atoms with Crippen molar-refractivity contribution in [3.8, 4) is 11.3 Å². The Morgan fingerprint density at radius 2 is 1.68 bits per heavy atom. The first-order chi connectivity index (χ1) is 17.5. The first-order valence-electron chi connectivity index (χ1n) is 13.2. The smallest absolute Gasteiger partial charge is 0.408 e. The molecule has 2 aliphatic heterocycles. The number of benzene rings is 1. The number of nitrogens with zero attached hydrogens (tertiary/aromatic N) is 4. The summed E-state index contributed by atoms with van der Waals surface area (Å²) in [5.41, 5.74) is 2.99. The van der Waals surface area contributed by atoms with Gasteiger partial charge < -0.3 is 19.9 Å². The SMILES string of the molecule is CC1(C)CCN(C(=O)CN2CCN(c3ccc(-c4csc(CNC(=O)OC(C)(C)C)n4)cc3)CC2)CC1. The molecule has 0 unspecified atom stereocenters. The maximum atomic E-state index is 12.8. The number of aromatic nitrogens is 1. The molecule has 0 radical (unpaired) electrons. The van der Waals surface area contributed by atoms with Crippen LogP contribution in [0.3, 0.4) is 0 Å². The number of anilines is 1. The number of nitrogens with one attached hydrogen (secondary N) is 1. The highest BCUT2D eigenvalue weighted by molar-refractivity contribution is 7.09. The molecule has 0 aliphatic carbocycles. The monoisotopic (exact) mass is 527 g/mol.